The number of ketones is 1. The Bertz CT molecular complexity index is 570. The van der Waals surface area contributed by atoms with Crippen LogP contribution < -0.4 is 5.32 Å². The summed E-state index contributed by atoms with van der Waals surface area (Å²) >= 11 is 0. The minimum absolute atomic E-state index is 0.0433. The highest BCUT2D eigenvalue weighted by Gasteiger charge is 2.12. The number of nitrogens with one attached hydrogen (secondary N) is 1. The first-order valence-corrected chi connectivity index (χ1v) is 7.60. The summed E-state index contributed by atoms with van der Waals surface area (Å²) in [7, 11) is 3.88. The molecule has 0 spiro atoms. The fraction of sp³-hybridized carbons (Fsp3) is 0.471. The van der Waals surface area contributed by atoms with E-state index in [-0.39, 0.29) is 24.0 Å². The summed E-state index contributed by atoms with van der Waals surface area (Å²) in [6.45, 7) is 4.71. The third kappa shape index (κ3) is 7.06. The number of likely N-dealkylation sites (N-methyl/N-ethyl adjacent to an activating group) is 1. The van der Waals surface area contributed by atoms with E-state index in [2.05, 4.69) is 5.32 Å². The number of rotatable bonds is 8. The molecule has 0 radical (unpaired) electrons. The molecule has 2 amide bonds. The second kappa shape index (κ2) is 9.05. The average molecular weight is 319 g/mol. The highest BCUT2D eigenvalue weighted by Crippen LogP contribution is 2.11. The third-order valence-corrected chi connectivity index (χ3v) is 3.42. The fourth-order valence-electron chi connectivity index (χ4n) is 2.02. The largest absolute Gasteiger partial charge is 0.341 e. The Balaban J connectivity index is 2.53. The standard InChI is InChI=1S/C17H25N3O3/c1-13(21)15-6-5-7-16(12-15)18-17(23)8-9-20(14(2)22)11-10-19(3)4/h5-7,12H,8-11H2,1-4H3,(H,18,23). The normalized spacial score (nSPS) is 10.5. The SMILES string of the molecule is CC(=O)c1cccc(NC(=O)CCN(CCN(C)C)C(C)=O)c1. The molecule has 6 heteroatoms. The lowest BCUT2D eigenvalue weighted by Crippen LogP contribution is -2.37. The van der Waals surface area contributed by atoms with Gasteiger partial charge in [0.15, 0.2) is 5.78 Å². The zero-order valence-corrected chi connectivity index (χ0v) is 14.3. The lowest BCUT2D eigenvalue weighted by Gasteiger charge is -2.22. The van der Waals surface area contributed by atoms with Crippen LogP contribution >= 0.6 is 0 Å². The van der Waals surface area contributed by atoms with Crippen molar-refractivity contribution in [3.63, 3.8) is 0 Å². The summed E-state index contributed by atoms with van der Waals surface area (Å²) in [5.74, 6) is -0.271. The van der Waals surface area contributed by atoms with Crippen molar-refractivity contribution in [2.24, 2.45) is 0 Å². The van der Waals surface area contributed by atoms with Crippen molar-refractivity contribution in [2.45, 2.75) is 20.3 Å². The van der Waals surface area contributed by atoms with Crippen molar-refractivity contribution >= 4 is 23.3 Å². The van der Waals surface area contributed by atoms with E-state index >= 15 is 0 Å². The van der Waals surface area contributed by atoms with Gasteiger partial charge < -0.3 is 15.1 Å². The van der Waals surface area contributed by atoms with Gasteiger partial charge in [-0.3, -0.25) is 14.4 Å². The molecule has 0 heterocycles. The predicted molar refractivity (Wildman–Crippen MR) is 90.5 cm³/mol. The summed E-state index contributed by atoms with van der Waals surface area (Å²) < 4.78 is 0. The number of anilines is 1. The minimum Gasteiger partial charge on any atom is -0.341 e. The maximum absolute atomic E-state index is 12.0. The summed E-state index contributed by atoms with van der Waals surface area (Å²) in [6.07, 6.45) is 0.220. The molecule has 0 fully saturated rings. The lowest BCUT2D eigenvalue weighted by atomic mass is 10.1. The van der Waals surface area contributed by atoms with Gasteiger partial charge in [-0.05, 0) is 33.2 Å². The average Bonchev–Trinajstić information content (AvgIpc) is 2.46. The first kappa shape index (κ1) is 18.8. The topological polar surface area (TPSA) is 69.7 Å². The van der Waals surface area contributed by atoms with Gasteiger partial charge in [-0.1, -0.05) is 12.1 Å². The van der Waals surface area contributed by atoms with Gasteiger partial charge in [-0.15, -0.1) is 0 Å². The van der Waals surface area contributed by atoms with Gasteiger partial charge in [0.25, 0.3) is 0 Å². The molecule has 126 valence electrons. The monoisotopic (exact) mass is 319 g/mol. The zero-order chi connectivity index (χ0) is 17.4. The molecule has 0 aromatic heterocycles. The number of Topliss-reactive ketones (excluding diaryl/α,β-unsaturated/α-hetero) is 1. The van der Waals surface area contributed by atoms with Crippen LogP contribution in [0, 0.1) is 0 Å². The van der Waals surface area contributed by atoms with E-state index in [0.717, 1.165) is 6.54 Å². The van der Waals surface area contributed by atoms with E-state index in [4.69, 9.17) is 0 Å². The number of nitrogens with zero attached hydrogens (tertiary/aromatic N) is 2. The van der Waals surface area contributed by atoms with Crippen LogP contribution in [0.3, 0.4) is 0 Å². The van der Waals surface area contributed by atoms with E-state index in [9.17, 15) is 14.4 Å². The minimum atomic E-state index is -0.179. The van der Waals surface area contributed by atoms with Gasteiger partial charge in [0, 0.05) is 44.2 Å². The fourth-order valence-corrected chi connectivity index (χ4v) is 2.02. The van der Waals surface area contributed by atoms with Gasteiger partial charge >= 0.3 is 0 Å². The molecule has 0 aliphatic carbocycles. The van der Waals surface area contributed by atoms with Crippen molar-refractivity contribution in [1.29, 1.82) is 0 Å². The molecule has 0 bridgehead atoms. The Morgan fingerprint density at radius 3 is 2.30 bits per heavy atom. The van der Waals surface area contributed by atoms with Crippen molar-refractivity contribution < 1.29 is 14.4 Å². The molecule has 0 aliphatic rings. The van der Waals surface area contributed by atoms with E-state index in [1.54, 1.807) is 29.2 Å². The Kier molecular flexibility index (Phi) is 7.41. The number of carbonyl (C=O) groups is 3. The molecular formula is C17H25N3O3. The Morgan fingerprint density at radius 2 is 1.74 bits per heavy atom. The van der Waals surface area contributed by atoms with Crippen LogP contribution in [0.2, 0.25) is 0 Å². The first-order valence-electron chi connectivity index (χ1n) is 7.60. The van der Waals surface area contributed by atoms with Crippen LogP contribution in [0.4, 0.5) is 5.69 Å². The van der Waals surface area contributed by atoms with Crippen LogP contribution in [-0.4, -0.2) is 61.1 Å². The van der Waals surface area contributed by atoms with E-state index in [0.29, 0.717) is 24.3 Å². The number of hydrogen-bond acceptors (Lipinski definition) is 4. The molecule has 0 saturated carbocycles. The molecular weight excluding hydrogens is 294 g/mol. The maximum Gasteiger partial charge on any atom is 0.226 e. The highest BCUT2D eigenvalue weighted by atomic mass is 16.2. The molecule has 6 nitrogen and oxygen atoms in total. The van der Waals surface area contributed by atoms with Crippen LogP contribution in [0.5, 0.6) is 0 Å². The number of amides is 2. The highest BCUT2D eigenvalue weighted by molar-refractivity contribution is 5.97. The van der Waals surface area contributed by atoms with Crippen molar-refractivity contribution in [3.05, 3.63) is 29.8 Å². The van der Waals surface area contributed by atoms with Gasteiger partial charge in [-0.25, -0.2) is 0 Å². The van der Waals surface area contributed by atoms with E-state index < -0.39 is 0 Å². The van der Waals surface area contributed by atoms with Crippen LogP contribution in [-0.2, 0) is 9.59 Å². The quantitative estimate of drug-likeness (QED) is 0.739. The second-order valence-electron chi connectivity index (χ2n) is 5.74. The summed E-state index contributed by atoms with van der Waals surface area (Å²) in [5, 5.41) is 2.76. The molecule has 1 aromatic rings. The van der Waals surface area contributed by atoms with Crippen molar-refractivity contribution in [2.75, 3.05) is 39.0 Å². The summed E-state index contributed by atoms with van der Waals surface area (Å²) in [6, 6.07) is 6.82. The second-order valence-corrected chi connectivity index (χ2v) is 5.74. The van der Waals surface area contributed by atoms with Gasteiger partial charge in [-0.2, -0.15) is 0 Å². The number of hydrogen-bond donors (Lipinski definition) is 1. The molecule has 0 aliphatic heterocycles. The van der Waals surface area contributed by atoms with Gasteiger partial charge in [0.05, 0.1) is 0 Å². The zero-order valence-electron chi connectivity index (χ0n) is 14.3. The van der Waals surface area contributed by atoms with E-state index in [1.165, 1.54) is 13.8 Å². The van der Waals surface area contributed by atoms with Crippen LogP contribution in [0.25, 0.3) is 0 Å². The molecule has 23 heavy (non-hydrogen) atoms. The van der Waals surface area contributed by atoms with Crippen LogP contribution in [0.15, 0.2) is 24.3 Å². The Hall–Kier alpha value is -2.21. The van der Waals surface area contributed by atoms with Crippen LogP contribution in [0.1, 0.15) is 30.6 Å². The molecule has 0 saturated heterocycles. The Morgan fingerprint density at radius 1 is 1.04 bits per heavy atom. The number of carbonyl (C=O) groups excluding carboxylic acids is 3. The smallest absolute Gasteiger partial charge is 0.226 e. The van der Waals surface area contributed by atoms with Crippen molar-refractivity contribution in [3.8, 4) is 0 Å². The third-order valence-electron chi connectivity index (χ3n) is 3.42. The number of benzene rings is 1. The molecule has 1 N–H and O–H groups in total. The first-order chi connectivity index (χ1) is 10.8. The molecule has 0 unspecified atom stereocenters. The molecule has 1 aromatic carbocycles. The molecule has 0 atom stereocenters. The summed E-state index contributed by atoms with van der Waals surface area (Å²) in [4.78, 5) is 38.6. The predicted octanol–water partition coefficient (Wildman–Crippen LogP) is 1.63. The summed E-state index contributed by atoms with van der Waals surface area (Å²) in [5.41, 5.74) is 1.14. The van der Waals surface area contributed by atoms with Gasteiger partial charge in [0.2, 0.25) is 11.8 Å². The maximum atomic E-state index is 12.0. The molecule has 1 rings (SSSR count). The lowest BCUT2D eigenvalue weighted by molar-refractivity contribution is -0.129. The Labute approximate surface area is 137 Å². The van der Waals surface area contributed by atoms with E-state index in [1.807, 2.05) is 19.0 Å². The van der Waals surface area contributed by atoms with Gasteiger partial charge in [0.1, 0.15) is 0 Å². The van der Waals surface area contributed by atoms with Crippen molar-refractivity contribution in [1.82, 2.24) is 9.80 Å².